The fourth-order valence-corrected chi connectivity index (χ4v) is 3.43. The monoisotopic (exact) mass is 432 g/mol. The summed E-state index contributed by atoms with van der Waals surface area (Å²) in [6.45, 7) is 1.81. The Bertz CT molecular complexity index is 1220. The molecule has 1 aliphatic heterocycles. The Hall–Kier alpha value is -3.44. The highest BCUT2D eigenvalue weighted by Crippen LogP contribution is 2.24. The third kappa shape index (κ3) is 3.73. The number of aromatic nitrogens is 3. The zero-order valence-electron chi connectivity index (χ0n) is 16.3. The zero-order chi connectivity index (χ0) is 22.3. The van der Waals surface area contributed by atoms with E-state index in [4.69, 9.17) is 4.74 Å². The number of rotatable bonds is 4. The molecule has 3 aromatic heterocycles. The molecular formula is C20H18F2N4O5. The van der Waals surface area contributed by atoms with Crippen LogP contribution in [0.15, 0.2) is 35.4 Å². The molecule has 0 radical (unpaired) electrons. The van der Waals surface area contributed by atoms with Crippen LogP contribution in [0.5, 0.6) is 0 Å². The van der Waals surface area contributed by atoms with Crippen LogP contribution >= 0.6 is 0 Å². The van der Waals surface area contributed by atoms with Gasteiger partial charge in [0.15, 0.2) is 17.3 Å². The van der Waals surface area contributed by atoms with E-state index in [1.165, 1.54) is 12.1 Å². The molecule has 1 saturated heterocycles. The highest BCUT2D eigenvalue weighted by atomic mass is 19.1. The van der Waals surface area contributed by atoms with Gasteiger partial charge in [-0.15, -0.1) is 0 Å². The van der Waals surface area contributed by atoms with E-state index in [9.17, 15) is 28.6 Å². The molecule has 4 rings (SSSR count). The van der Waals surface area contributed by atoms with Gasteiger partial charge in [0.05, 0.1) is 30.4 Å². The summed E-state index contributed by atoms with van der Waals surface area (Å²) < 4.78 is 33.9. The summed E-state index contributed by atoms with van der Waals surface area (Å²) in [6.07, 6.45) is -0.0935. The minimum Gasteiger partial charge on any atom is -0.462 e. The standard InChI is InChI=1S/C20H18F2N4O5/c1-2-31-20(30)12-7-26(19-13(22)5-10(21)6-23-19)18-11(17(12)29)3-4-16(24-18)25-8-14(27)15(28)9-25/h3-7,14-15,27-28H,2,8-9H2,1H3/t14-,15-/m1/s1. The predicted molar refractivity (Wildman–Crippen MR) is 105 cm³/mol. The molecule has 2 N–H and O–H groups in total. The molecule has 1 aliphatic rings. The second-order valence-electron chi connectivity index (χ2n) is 7.00. The van der Waals surface area contributed by atoms with E-state index >= 15 is 0 Å². The van der Waals surface area contributed by atoms with E-state index in [0.29, 0.717) is 11.9 Å². The summed E-state index contributed by atoms with van der Waals surface area (Å²) in [5.41, 5.74) is -1.07. The van der Waals surface area contributed by atoms with Crippen molar-refractivity contribution >= 4 is 22.8 Å². The summed E-state index contributed by atoms with van der Waals surface area (Å²) >= 11 is 0. The Labute approximate surface area is 174 Å². The van der Waals surface area contributed by atoms with Crippen LogP contribution in [0.25, 0.3) is 16.9 Å². The quantitative estimate of drug-likeness (QED) is 0.581. The normalized spacial score (nSPS) is 18.5. The number of carbonyl (C=O) groups excluding carboxylic acids is 1. The Morgan fingerprint density at radius 2 is 1.97 bits per heavy atom. The van der Waals surface area contributed by atoms with Crippen molar-refractivity contribution < 1.29 is 28.5 Å². The van der Waals surface area contributed by atoms with Crippen LogP contribution in [0.2, 0.25) is 0 Å². The third-order valence-corrected chi connectivity index (χ3v) is 4.93. The molecule has 4 heterocycles. The van der Waals surface area contributed by atoms with Crippen molar-refractivity contribution in [2.75, 3.05) is 24.6 Å². The van der Waals surface area contributed by atoms with Crippen LogP contribution in [-0.2, 0) is 4.74 Å². The van der Waals surface area contributed by atoms with E-state index in [0.717, 1.165) is 17.0 Å². The molecule has 31 heavy (non-hydrogen) atoms. The lowest BCUT2D eigenvalue weighted by molar-refractivity contribution is 0.0524. The molecule has 162 valence electrons. The van der Waals surface area contributed by atoms with Gasteiger partial charge in [0, 0.05) is 25.4 Å². The SMILES string of the molecule is CCOC(=O)c1cn(-c2ncc(F)cc2F)c2nc(N3C[C@@H](O)[C@H](O)C3)ccc2c1=O. The first-order valence-corrected chi connectivity index (χ1v) is 9.46. The first-order chi connectivity index (χ1) is 14.8. The fourth-order valence-electron chi connectivity index (χ4n) is 3.43. The van der Waals surface area contributed by atoms with E-state index in [1.807, 2.05) is 0 Å². The van der Waals surface area contributed by atoms with E-state index < -0.39 is 35.2 Å². The zero-order valence-corrected chi connectivity index (χ0v) is 16.3. The van der Waals surface area contributed by atoms with Gasteiger partial charge in [-0.25, -0.2) is 23.5 Å². The summed E-state index contributed by atoms with van der Waals surface area (Å²) in [5, 5.41) is 19.6. The first-order valence-electron chi connectivity index (χ1n) is 9.46. The number of carbonyl (C=O) groups is 1. The second kappa shape index (κ2) is 8.00. The Morgan fingerprint density at radius 1 is 1.26 bits per heavy atom. The highest BCUT2D eigenvalue weighted by Gasteiger charge is 2.31. The lowest BCUT2D eigenvalue weighted by atomic mass is 10.2. The van der Waals surface area contributed by atoms with E-state index in [2.05, 4.69) is 9.97 Å². The Kier molecular flexibility index (Phi) is 5.38. The van der Waals surface area contributed by atoms with Crippen molar-refractivity contribution in [1.82, 2.24) is 14.5 Å². The minimum atomic E-state index is -1.03. The number of fused-ring (bicyclic) bond motifs is 1. The molecule has 0 saturated carbocycles. The number of aliphatic hydroxyl groups is 2. The molecule has 0 aliphatic carbocycles. The summed E-state index contributed by atoms with van der Waals surface area (Å²) in [6, 6.07) is 3.51. The number of nitrogens with zero attached hydrogens (tertiary/aromatic N) is 4. The first kappa shape index (κ1) is 20.8. The van der Waals surface area contributed by atoms with Gasteiger partial charge >= 0.3 is 5.97 Å². The van der Waals surface area contributed by atoms with Crippen molar-refractivity contribution in [3.8, 4) is 5.82 Å². The molecular weight excluding hydrogens is 414 g/mol. The maximum Gasteiger partial charge on any atom is 0.343 e. The largest absolute Gasteiger partial charge is 0.462 e. The lowest BCUT2D eigenvalue weighted by Crippen LogP contribution is -2.24. The third-order valence-electron chi connectivity index (χ3n) is 4.93. The predicted octanol–water partition coefficient (Wildman–Crippen LogP) is 0.777. The fraction of sp³-hybridized carbons (Fsp3) is 0.300. The van der Waals surface area contributed by atoms with Crippen LogP contribution in [0.1, 0.15) is 17.3 Å². The van der Waals surface area contributed by atoms with Crippen LogP contribution in [-0.4, -0.2) is 62.6 Å². The van der Waals surface area contributed by atoms with Crippen molar-refractivity contribution in [3.63, 3.8) is 0 Å². The number of aliphatic hydroxyl groups excluding tert-OH is 2. The molecule has 0 unspecified atom stereocenters. The van der Waals surface area contributed by atoms with Gasteiger partial charge in [-0.3, -0.25) is 9.36 Å². The number of ether oxygens (including phenoxy) is 1. The van der Waals surface area contributed by atoms with E-state index in [1.54, 1.807) is 11.8 Å². The summed E-state index contributed by atoms with van der Waals surface area (Å²) in [5.74, 6) is -2.89. The summed E-state index contributed by atoms with van der Waals surface area (Å²) in [7, 11) is 0. The van der Waals surface area contributed by atoms with Crippen molar-refractivity contribution in [2.24, 2.45) is 0 Å². The van der Waals surface area contributed by atoms with Gasteiger partial charge in [-0.2, -0.15) is 0 Å². The van der Waals surface area contributed by atoms with Crippen LogP contribution in [0, 0.1) is 11.6 Å². The van der Waals surface area contributed by atoms with Gasteiger partial charge in [-0.05, 0) is 19.1 Å². The van der Waals surface area contributed by atoms with Gasteiger partial charge in [0.25, 0.3) is 0 Å². The molecule has 0 amide bonds. The van der Waals surface area contributed by atoms with Crippen molar-refractivity contribution in [1.29, 1.82) is 0 Å². The number of esters is 1. The summed E-state index contributed by atoms with van der Waals surface area (Å²) in [4.78, 5) is 34.9. The second-order valence-corrected chi connectivity index (χ2v) is 7.00. The van der Waals surface area contributed by atoms with Gasteiger partial charge in [0.2, 0.25) is 5.43 Å². The molecule has 0 bridgehead atoms. The molecule has 0 spiro atoms. The number of β-amino-alcohol motifs (C(OH)–C–C–N with tert-alkyl or cyclic N) is 2. The van der Waals surface area contributed by atoms with Crippen LogP contribution in [0.3, 0.4) is 0 Å². The molecule has 2 atom stereocenters. The van der Waals surface area contributed by atoms with Crippen molar-refractivity contribution in [2.45, 2.75) is 19.1 Å². The smallest absolute Gasteiger partial charge is 0.343 e. The average molecular weight is 432 g/mol. The Balaban J connectivity index is 1.96. The highest BCUT2D eigenvalue weighted by molar-refractivity contribution is 5.93. The van der Waals surface area contributed by atoms with E-state index in [-0.39, 0.29) is 42.1 Å². The van der Waals surface area contributed by atoms with Crippen molar-refractivity contribution in [3.05, 3.63) is 58.0 Å². The lowest BCUT2D eigenvalue weighted by Gasteiger charge is -2.18. The van der Waals surface area contributed by atoms with Gasteiger partial charge < -0.3 is 19.8 Å². The van der Waals surface area contributed by atoms with Crippen LogP contribution < -0.4 is 10.3 Å². The van der Waals surface area contributed by atoms with Gasteiger partial charge in [0.1, 0.15) is 17.2 Å². The Morgan fingerprint density at radius 3 is 2.61 bits per heavy atom. The number of hydrogen-bond acceptors (Lipinski definition) is 8. The average Bonchev–Trinajstić information content (AvgIpc) is 3.07. The molecule has 9 nitrogen and oxygen atoms in total. The maximum atomic E-state index is 14.5. The number of pyridine rings is 3. The number of halogens is 2. The van der Waals surface area contributed by atoms with Crippen LogP contribution in [0.4, 0.5) is 14.6 Å². The topological polar surface area (TPSA) is 118 Å². The number of anilines is 1. The molecule has 1 fully saturated rings. The maximum absolute atomic E-state index is 14.5. The molecule has 3 aromatic rings. The molecule has 11 heteroatoms. The minimum absolute atomic E-state index is 0.0138. The van der Waals surface area contributed by atoms with Gasteiger partial charge in [-0.1, -0.05) is 0 Å². The molecule has 0 aromatic carbocycles. The number of hydrogen-bond donors (Lipinski definition) is 2.